The highest BCUT2D eigenvalue weighted by Crippen LogP contribution is 2.43. The van der Waals surface area contributed by atoms with Crippen LogP contribution < -0.4 is 11.1 Å². The van der Waals surface area contributed by atoms with Gasteiger partial charge in [0.05, 0.1) is 23.3 Å². The number of fused-ring (bicyclic) bond motifs is 4. The van der Waals surface area contributed by atoms with Crippen molar-refractivity contribution in [2.45, 2.75) is 57.3 Å². The van der Waals surface area contributed by atoms with Crippen LogP contribution in [0.4, 0.5) is 5.69 Å². The number of nitro groups is 1. The number of ether oxygens (including phenoxy) is 1. The van der Waals surface area contributed by atoms with Gasteiger partial charge in [0, 0.05) is 53.9 Å². The van der Waals surface area contributed by atoms with Crippen molar-refractivity contribution in [1.82, 2.24) is 20.0 Å². The van der Waals surface area contributed by atoms with Gasteiger partial charge in [-0.15, -0.1) is 0 Å². The highest BCUT2D eigenvalue weighted by Gasteiger charge is 2.46. The van der Waals surface area contributed by atoms with Crippen LogP contribution in [0.5, 0.6) is 0 Å². The highest BCUT2D eigenvalue weighted by atomic mass is 16.6. The van der Waals surface area contributed by atoms with E-state index in [0.29, 0.717) is 24.0 Å². The molecule has 2 amide bonds. The average Bonchev–Trinajstić information content (AvgIpc) is 3.56. The predicted octanol–water partition coefficient (Wildman–Crippen LogP) is 2.08. The summed E-state index contributed by atoms with van der Waals surface area (Å²) in [5, 5.41) is 30.4. The number of nitrogens with one attached hydrogen (secondary N) is 1. The van der Waals surface area contributed by atoms with Gasteiger partial charge in [-0.1, -0.05) is 29.4 Å². The Morgan fingerprint density at radius 2 is 1.86 bits per heavy atom. The number of rotatable bonds is 10. The van der Waals surface area contributed by atoms with Gasteiger partial charge < -0.3 is 25.9 Å². The van der Waals surface area contributed by atoms with E-state index < -0.39 is 22.8 Å². The lowest BCUT2D eigenvalue weighted by molar-refractivity contribution is -0.384. The van der Waals surface area contributed by atoms with Crippen molar-refractivity contribution in [3.63, 3.8) is 0 Å². The third kappa shape index (κ3) is 6.17. The number of nitro benzene ring substituents is 1. The highest BCUT2D eigenvalue weighted by molar-refractivity contribution is 6.00. The van der Waals surface area contributed by atoms with E-state index in [1.807, 2.05) is 0 Å². The lowest BCUT2D eigenvalue weighted by atomic mass is 9.97. The Balaban J connectivity index is 1.40. The Labute approximate surface area is 246 Å². The number of amidine groups is 1. The molecular formula is C29H31N7O7. The van der Waals surface area contributed by atoms with Gasteiger partial charge in [-0.25, -0.2) is 0 Å². The molecule has 14 heteroatoms. The lowest BCUT2D eigenvalue weighted by Gasteiger charge is -2.37. The zero-order valence-electron chi connectivity index (χ0n) is 23.4. The molecular weight excluding hydrogens is 558 g/mol. The summed E-state index contributed by atoms with van der Waals surface area (Å²) in [6, 6.07) is 10.5. The fraction of sp³-hybridized carbons (Fsp3) is 0.345. The molecule has 1 aromatic heterocycles. The van der Waals surface area contributed by atoms with Crippen LogP contribution in [0.2, 0.25) is 0 Å². The molecule has 43 heavy (non-hydrogen) atoms. The van der Waals surface area contributed by atoms with E-state index in [0.717, 1.165) is 17.7 Å². The molecule has 2 unspecified atom stereocenters. The number of amides is 2. The van der Waals surface area contributed by atoms with Crippen LogP contribution >= 0.6 is 0 Å². The quantitative estimate of drug-likeness (QED) is 0.0792. The minimum absolute atomic E-state index is 0.0282. The molecule has 0 saturated carbocycles. The first-order chi connectivity index (χ1) is 20.7. The number of carbonyl (C=O) groups excluding carboxylic acids is 3. The molecule has 2 aliphatic rings. The average molecular weight is 590 g/mol. The minimum Gasteiger partial charge on any atom is -0.465 e. The van der Waals surface area contributed by atoms with Crippen LogP contribution in [0.15, 0.2) is 59.9 Å². The topological polar surface area (TPSA) is 195 Å². The molecule has 0 aliphatic carbocycles. The molecule has 1 saturated heterocycles. The molecule has 224 valence electrons. The van der Waals surface area contributed by atoms with Crippen molar-refractivity contribution >= 4 is 29.3 Å². The number of carbonyl (C=O) groups is 3. The molecule has 3 aromatic rings. The van der Waals surface area contributed by atoms with Crippen LogP contribution in [0.25, 0.3) is 0 Å². The lowest BCUT2D eigenvalue weighted by Crippen LogP contribution is -2.53. The molecule has 4 N–H and O–H groups in total. The van der Waals surface area contributed by atoms with Gasteiger partial charge in [0.1, 0.15) is 12.6 Å². The predicted molar refractivity (Wildman–Crippen MR) is 152 cm³/mol. The normalized spacial score (nSPS) is 18.1. The van der Waals surface area contributed by atoms with Gasteiger partial charge in [0.2, 0.25) is 5.91 Å². The summed E-state index contributed by atoms with van der Waals surface area (Å²) in [6.45, 7) is 1.97. The summed E-state index contributed by atoms with van der Waals surface area (Å²) in [5.41, 5.74) is 8.56. The Kier molecular flexibility index (Phi) is 8.36. The maximum absolute atomic E-state index is 14.2. The summed E-state index contributed by atoms with van der Waals surface area (Å²) in [5.74, 6) is -1.29. The van der Waals surface area contributed by atoms with Crippen LogP contribution in [0.1, 0.15) is 58.5 Å². The standard InChI is InChI=1S/C29H31N7O7/c1-2-43-26(37)16-34-15-22-23(32-34)14-21-11-12-25(22)35(21)29(39)24(13-17-3-9-20(10-4-17)36(41)42)31-28(38)19-7-5-18(6-8-19)27(30)33-40/h3-10,15,21,24-25,40H,2,11-14,16H2,1H3,(H2,30,33)(H,31,38)/t21?,24-,25?/m0/s1. The van der Waals surface area contributed by atoms with Gasteiger partial charge >= 0.3 is 5.97 Å². The second kappa shape index (κ2) is 12.3. The van der Waals surface area contributed by atoms with E-state index in [9.17, 15) is 24.5 Å². The van der Waals surface area contributed by atoms with Crippen molar-refractivity contribution in [3.05, 3.63) is 92.8 Å². The first-order valence-electron chi connectivity index (χ1n) is 13.8. The van der Waals surface area contributed by atoms with Crippen LogP contribution in [-0.2, 0) is 33.7 Å². The van der Waals surface area contributed by atoms with Gasteiger partial charge in [-0.05, 0) is 37.5 Å². The first kappa shape index (κ1) is 29.2. The molecule has 2 aromatic carbocycles. The number of nitrogens with zero attached hydrogens (tertiary/aromatic N) is 5. The molecule has 0 spiro atoms. The number of nitrogens with two attached hydrogens (primary N) is 1. The summed E-state index contributed by atoms with van der Waals surface area (Å²) in [4.78, 5) is 52.0. The van der Waals surface area contributed by atoms with Crippen molar-refractivity contribution in [1.29, 1.82) is 0 Å². The van der Waals surface area contributed by atoms with E-state index in [1.165, 1.54) is 36.4 Å². The van der Waals surface area contributed by atoms with Gasteiger partial charge in [0.15, 0.2) is 5.84 Å². The smallest absolute Gasteiger partial charge is 0.327 e. The largest absolute Gasteiger partial charge is 0.465 e. The Morgan fingerprint density at radius 3 is 2.51 bits per heavy atom. The van der Waals surface area contributed by atoms with Crippen LogP contribution in [-0.4, -0.2) is 67.1 Å². The summed E-state index contributed by atoms with van der Waals surface area (Å²) in [7, 11) is 0. The van der Waals surface area contributed by atoms with E-state index in [1.54, 1.807) is 34.8 Å². The van der Waals surface area contributed by atoms with Crippen LogP contribution in [0, 0.1) is 10.1 Å². The number of esters is 1. The molecule has 5 rings (SSSR count). The monoisotopic (exact) mass is 589 g/mol. The Bertz CT molecular complexity index is 1570. The van der Waals surface area contributed by atoms with Crippen molar-refractivity contribution in [2.75, 3.05) is 6.61 Å². The van der Waals surface area contributed by atoms with Crippen LogP contribution in [0.3, 0.4) is 0 Å². The number of aromatic nitrogens is 2. The zero-order chi connectivity index (χ0) is 30.7. The molecule has 2 bridgehead atoms. The van der Waals surface area contributed by atoms with E-state index in [-0.39, 0.29) is 54.6 Å². The SMILES string of the molecule is CCOC(=O)Cn1cc2c(n1)CC1CCC2N1C(=O)[C@H](Cc1ccc([N+](=O)[O-])cc1)NC(=O)c1ccc(/C(N)=N/O)cc1. The molecule has 3 atom stereocenters. The fourth-order valence-electron chi connectivity index (χ4n) is 5.74. The third-order valence-corrected chi connectivity index (χ3v) is 7.75. The second-order valence-corrected chi connectivity index (χ2v) is 10.4. The Hall–Kier alpha value is -5.27. The molecule has 2 aliphatic heterocycles. The van der Waals surface area contributed by atoms with Crippen molar-refractivity contribution in [2.24, 2.45) is 10.9 Å². The maximum Gasteiger partial charge on any atom is 0.327 e. The summed E-state index contributed by atoms with van der Waals surface area (Å²) >= 11 is 0. The summed E-state index contributed by atoms with van der Waals surface area (Å²) < 4.78 is 6.58. The second-order valence-electron chi connectivity index (χ2n) is 10.4. The third-order valence-electron chi connectivity index (χ3n) is 7.75. The van der Waals surface area contributed by atoms with Crippen molar-refractivity contribution < 1.29 is 29.3 Å². The molecule has 14 nitrogen and oxygen atoms in total. The maximum atomic E-state index is 14.2. The number of non-ortho nitro benzene ring substituents is 1. The van der Waals surface area contributed by atoms with E-state index in [4.69, 9.17) is 15.7 Å². The number of hydrogen-bond donors (Lipinski definition) is 3. The number of benzene rings is 2. The fourth-order valence-corrected chi connectivity index (χ4v) is 5.74. The molecule has 0 radical (unpaired) electrons. The Morgan fingerprint density at radius 1 is 1.16 bits per heavy atom. The van der Waals surface area contributed by atoms with E-state index in [2.05, 4.69) is 15.6 Å². The number of hydrogen-bond acceptors (Lipinski definition) is 9. The zero-order valence-corrected chi connectivity index (χ0v) is 23.4. The molecule has 1 fully saturated rings. The van der Waals surface area contributed by atoms with E-state index >= 15 is 0 Å². The minimum atomic E-state index is -0.975. The summed E-state index contributed by atoms with van der Waals surface area (Å²) in [6.07, 6.45) is 3.88. The van der Waals surface area contributed by atoms with Gasteiger partial charge in [-0.3, -0.25) is 29.2 Å². The van der Waals surface area contributed by atoms with Gasteiger partial charge in [0.25, 0.3) is 11.6 Å². The first-order valence-corrected chi connectivity index (χ1v) is 13.8. The molecule has 3 heterocycles. The van der Waals surface area contributed by atoms with Crippen molar-refractivity contribution in [3.8, 4) is 0 Å². The van der Waals surface area contributed by atoms with Gasteiger partial charge in [-0.2, -0.15) is 5.10 Å². The number of oxime groups is 1.